The molecular weight excluding hydrogens is 240 g/mol. The van der Waals surface area contributed by atoms with Gasteiger partial charge >= 0.3 is 0 Å². The van der Waals surface area contributed by atoms with Gasteiger partial charge in [0.05, 0.1) is 13.5 Å². The molecule has 1 aromatic rings. The second-order valence-corrected chi connectivity index (χ2v) is 4.96. The van der Waals surface area contributed by atoms with Crippen molar-refractivity contribution in [1.29, 1.82) is 0 Å². The summed E-state index contributed by atoms with van der Waals surface area (Å²) in [6.45, 7) is 1.73. The molecule has 0 atom stereocenters. The van der Waals surface area contributed by atoms with Crippen LogP contribution in [-0.4, -0.2) is 32.1 Å². The van der Waals surface area contributed by atoms with Crippen molar-refractivity contribution in [2.45, 2.75) is 31.7 Å². The zero-order chi connectivity index (χ0) is 13.5. The van der Waals surface area contributed by atoms with Gasteiger partial charge in [0.25, 0.3) is 0 Å². The van der Waals surface area contributed by atoms with Gasteiger partial charge in [-0.1, -0.05) is 12.1 Å². The van der Waals surface area contributed by atoms with Crippen molar-refractivity contribution in [2.75, 3.05) is 20.2 Å². The lowest BCUT2D eigenvalue weighted by molar-refractivity contribution is -0.120. The summed E-state index contributed by atoms with van der Waals surface area (Å²) >= 11 is 0. The normalized spacial score (nSPS) is 14.2. The molecule has 1 aliphatic carbocycles. The molecule has 0 unspecified atom stereocenters. The summed E-state index contributed by atoms with van der Waals surface area (Å²) in [6.07, 6.45) is 4.01. The summed E-state index contributed by atoms with van der Waals surface area (Å²) in [5.41, 5.74) is 0.980. The predicted molar refractivity (Wildman–Crippen MR) is 75.3 cm³/mol. The van der Waals surface area contributed by atoms with Gasteiger partial charge in [-0.3, -0.25) is 4.79 Å². The van der Waals surface area contributed by atoms with Crippen LogP contribution >= 0.6 is 0 Å². The molecule has 0 spiro atoms. The fraction of sp³-hybridized carbons (Fsp3) is 0.533. The Morgan fingerprint density at radius 1 is 1.37 bits per heavy atom. The van der Waals surface area contributed by atoms with Gasteiger partial charge in [0.15, 0.2) is 0 Å². The van der Waals surface area contributed by atoms with Gasteiger partial charge in [-0.25, -0.2) is 0 Å². The molecule has 1 saturated carbocycles. The smallest absolute Gasteiger partial charge is 0.224 e. The summed E-state index contributed by atoms with van der Waals surface area (Å²) < 4.78 is 5.14. The Hall–Kier alpha value is -1.55. The number of hydrogen-bond donors (Lipinski definition) is 2. The van der Waals surface area contributed by atoms with E-state index in [4.69, 9.17) is 4.74 Å². The standard InChI is InChI=1S/C15H22N2O2/c1-19-14-5-2-4-12(10-14)11-15(18)17-9-3-8-16-13-6-7-13/h2,4-5,10,13,16H,3,6-9,11H2,1H3,(H,17,18). The average Bonchev–Trinajstić information content (AvgIpc) is 3.22. The molecule has 0 bridgehead atoms. The monoisotopic (exact) mass is 262 g/mol. The molecule has 19 heavy (non-hydrogen) atoms. The van der Waals surface area contributed by atoms with Crippen molar-refractivity contribution in [3.05, 3.63) is 29.8 Å². The maximum atomic E-state index is 11.7. The lowest BCUT2D eigenvalue weighted by atomic mass is 10.1. The fourth-order valence-electron chi connectivity index (χ4n) is 1.94. The van der Waals surface area contributed by atoms with Gasteiger partial charge in [0.2, 0.25) is 5.91 Å². The fourth-order valence-corrected chi connectivity index (χ4v) is 1.94. The number of benzene rings is 1. The molecule has 0 aliphatic heterocycles. The number of carbonyl (C=O) groups excluding carboxylic acids is 1. The highest BCUT2D eigenvalue weighted by atomic mass is 16.5. The van der Waals surface area contributed by atoms with Gasteiger partial charge in [-0.05, 0) is 43.5 Å². The van der Waals surface area contributed by atoms with E-state index in [-0.39, 0.29) is 5.91 Å². The summed E-state index contributed by atoms with van der Waals surface area (Å²) in [4.78, 5) is 11.7. The topological polar surface area (TPSA) is 50.4 Å². The Kier molecular flexibility index (Phi) is 5.21. The summed E-state index contributed by atoms with van der Waals surface area (Å²) in [7, 11) is 1.63. The highest BCUT2D eigenvalue weighted by Crippen LogP contribution is 2.18. The van der Waals surface area contributed by atoms with Crippen LogP contribution in [0.25, 0.3) is 0 Å². The molecule has 1 aromatic carbocycles. The zero-order valence-electron chi connectivity index (χ0n) is 11.4. The number of hydrogen-bond acceptors (Lipinski definition) is 3. The third kappa shape index (κ3) is 5.30. The molecule has 4 nitrogen and oxygen atoms in total. The number of methoxy groups -OCH3 is 1. The van der Waals surface area contributed by atoms with Crippen LogP contribution in [0, 0.1) is 0 Å². The largest absolute Gasteiger partial charge is 0.497 e. The minimum absolute atomic E-state index is 0.0691. The van der Waals surface area contributed by atoms with Gasteiger partial charge < -0.3 is 15.4 Å². The van der Waals surface area contributed by atoms with Gasteiger partial charge in [0.1, 0.15) is 5.75 Å². The van der Waals surface area contributed by atoms with Crippen LogP contribution in [0.4, 0.5) is 0 Å². The second-order valence-electron chi connectivity index (χ2n) is 4.96. The molecule has 2 N–H and O–H groups in total. The maximum absolute atomic E-state index is 11.7. The molecule has 104 valence electrons. The van der Waals surface area contributed by atoms with Crippen LogP contribution in [-0.2, 0) is 11.2 Å². The number of nitrogens with one attached hydrogen (secondary N) is 2. The van der Waals surface area contributed by atoms with Crippen molar-refractivity contribution in [2.24, 2.45) is 0 Å². The van der Waals surface area contributed by atoms with Crippen LogP contribution < -0.4 is 15.4 Å². The highest BCUT2D eigenvalue weighted by molar-refractivity contribution is 5.78. The molecule has 1 amide bonds. The van der Waals surface area contributed by atoms with Crippen LogP contribution in [0.5, 0.6) is 5.75 Å². The Morgan fingerprint density at radius 2 is 2.21 bits per heavy atom. The molecule has 0 heterocycles. The number of rotatable bonds is 8. The van der Waals surface area contributed by atoms with E-state index in [1.165, 1.54) is 12.8 Å². The Bertz CT molecular complexity index is 416. The molecule has 0 radical (unpaired) electrons. The lowest BCUT2D eigenvalue weighted by Gasteiger charge is -2.07. The molecular formula is C15H22N2O2. The number of ether oxygens (including phenoxy) is 1. The Labute approximate surface area is 114 Å². The molecule has 2 rings (SSSR count). The van der Waals surface area contributed by atoms with Crippen molar-refractivity contribution < 1.29 is 9.53 Å². The Morgan fingerprint density at radius 3 is 2.95 bits per heavy atom. The lowest BCUT2D eigenvalue weighted by Crippen LogP contribution is -2.29. The average molecular weight is 262 g/mol. The number of carbonyl (C=O) groups is 1. The van der Waals surface area contributed by atoms with Crippen molar-refractivity contribution in [1.82, 2.24) is 10.6 Å². The first-order valence-electron chi connectivity index (χ1n) is 6.91. The predicted octanol–water partition coefficient (Wildman–Crippen LogP) is 1.50. The van der Waals surface area contributed by atoms with Crippen molar-refractivity contribution in [3.8, 4) is 5.75 Å². The van der Waals surface area contributed by atoms with E-state index in [0.29, 0.717) is 6.42 Å². The van der Waals surface area contributed by atoms with E-state index in [0.717, 1.165) is 36.9 Å². The summed E-state index contributed by atoms with van der Waals surface area (Å²) in [5.74, 6) is 0.860. The zero-order valence-corrected chi connectivity index (χ0v) is 11.4. The van der Waals surface area contributed by atoms with Crippen LogP contribution in [0.3, 0.4) is 0 Å². The molecule has 4 heteroatoms. The van der Waals surface area contributed by atoms with E-state index < -0.39 is 0 Å². The minimum Gasteiger partial charge on any atom is -0.497 e. The van der Waals surface area contributed by atoms with E-state index >= 15 is 0 Å². The van der Waals surface area contributed by atoms with Crippen LogP contribution in [0.15, 0.2) is 24.3 Å². The Balaban J connectivity index is 1.62. The van der Waals surface area contributed by atoms with Crippen molar-refractivity contribution >= 4 is 5.91 Å². The van der Waals surface area contributed by atoms with Crippen LogP contribution in [0.1, 0.15) is 24.8 Å². The quantitative estimate of drug-likeness (QED) is 0.698. The van der Waals surface area contributed by atoms with E-state index in [2.05, 4.69) is 10.6 Å². The summed E-state index contributed by atoms with van der Waals surface area (Å²) in [6, 6.07) is 8.37. The van der Waals surface area contributed by atoms with Gasteiger partial charge in [-0.2, -0.15) is 0 Å². The first-order valence-corrected chi connectivity index (χ1v) is 6.91. The maximum Gasteiger partial charge on any atom is 0.224 e. The highest BCUT2D eigenvalue weighted by Gasteiger charge is 2.19. The molecule has 1 fully saturated rings. The van der Waals surface area contributed by atoms with Crippen molar-refractivity contribution in [3.63, 3.8) is 0 Å². The SMILES string of the molecule is COc1cccc(CC(=O)NCCCNC2CC2)c1. The van der Waals surface area contributed by atoms with E-state index in [1.807, 2.05) is 24.3 Å². The first-order chi connectivity index (χ1) is 9.28. The number of amides is 1. The molecule has 0 saturated heterocycles. The van der Waals surface area contributed by atoms with E-state index in [1.54, 1.807) is 7.11 Å². The minimum atomic E-state index is 0.0691. The molecule has 0 aromatic heterocycles. The first kappa shape index (κ1) is 13.9. The second kappa shape index (κ2) is 7.14. The van der Waals surface area contributed by atoms with E-state index in [9.17, 15) is 4.79 Å². The van der Waals surface area contributed by atoms with Crippen LogP contribution in [0.2, 0.25) is 0 Å². The third-order valence-corrected chi connectivity index (χ3v) is 3.18. The van der Waals surface area contributed by atoms with Gasteiger partial charge in [0, 0.05) is 12.6 Å². The molecule has 1 aliphatic rings. The third-order valence-electron chi connectivity index (χ3n) is 3.18. The summed E-state index contributed by atoms with van der Waals surface area (Å²) in [5, 5.41) is 6.37. The van der Waals surface area contributed by atoms with Gasteiger partial charge in [-0.15, -0.1) is 0 Å².